The molecule has 0 radical (unpaired) electrons. The lowest BCUT2D eigenvalue weighted by Crippen LogP contribution is -2.50. The van der Waals surface area contributed by atoms with Gasteiger partial charge in [-0.05, 0) is 35.7 Å². The lowest BCUT2D eigenvalue weighted by molar-refractivity contribution is 0.217. The third-order valence-electron chi connectivity index (χ3n) is 3.93. The van der Waals surface area contributed by atoms with Crippen LogP contribution in [0.2, 0.25) is 0 Å². The molecular weight excluding hydrogens is 288 g/mol. The predicted molar refractivity (Wildman–Crippen MR) is 91.3 cm³/mol. The molecule has 0 saturated carbocycles. The molecule has 3 rings (SSSR count). The van der Waals surface area contributed by atoms with Crippen LogP contribution in [-0.2, 0) is 0 Å². The van der Waals surface area contributed by atoms with Gasteiger partial charge in [-0.25, -0.2) is 0 Å². The van der Waals surface area contributed by atoms with Gasteiger partial charge in [0.2, 0.25) is 0 Å². The van der Waals surface area contributed by atoms with Crippen LogP contribution in [0.3, 0.4) is 0 Å². The molecule has 1 aliphatic heterocycles. The monoisotopic (exact) mass is 310 g/mol. The summed E-state index contributed by atoms with van der Waals surface area (Å²) in [5.41, 5.74) is 2.52. The van der Waals surface area contributed by atoms with E-state index in [4.69, 9.17) is 0 Å². The maximum atomic E-state index is 10.2. The van der Waals surface area contributed by atoms with Crippen LogP contribution < -0.4 is 10.6 Å². The van der Waals surface area contributed by atoms with Crippen LogP contribution in [0.5, 0.6) is 5.75 Å². The summed E-state index contributed by atoms with van der Waals surface area (Å²) in [5, 5.41) is 25.5. The molecule has 1 heterocycles. The highest BCUT2D eigenvalue weighted by atomic mass is 16.3. The predicted octanol–water partition coefficient (Wildman–Crippen LogP) is 4.03. The molecule has 0 amide bonds. The zero-order valence-electron chi connectivity index (χ0n) is 13.5. The molecule has 23 heavy (non-hydrogen) atoms. The fraction of sp³-hybridized carbons (Fsp3) is 0.333. The van der Waals surface area contributed by atoms with E-state index in [9.17, 15) is 5.11 Å². The largest absolute Gasteiger partial charge is 0.508 e. The second-order valence-electron chi connectivity index (χ2n) is 6.64. The quantitative estimate of drug-likeness (QED) is 0.750. The molecule has 120 valence electrons. The highest BCUT2D eigenvalue weighted by Crippen LogP contribution is 2.31. The number of hydrogen-bond acceptors (Lipinski definition) is 5. The van der Waals surface area contributed by atoms with E-state index in [-0.39, 0.29) is 17.3 Å². The van der Waals surface area contributed by atoms with Crippen molar-refractivity contribution in [1.82, 2.24) is 10.6 Å². The maximum absolute atomic E-state index is 10.2. The molecule has 5 heteroatoms. The third kappa shape index (κ3) is 3.94. The zero-order chi connectivity index (χ0) is 16.3. The minimum atomic E-state index is -0.0742. The highest BCUT2D eigenvalue weighted by Gasteiger charge is 2.27. The Balaban J connectivity index is 1.78. The Hall–Kier alpha value is -2.24. The van der Waals surface area contributed by atoms with E-state index in [1.807, 2.05) is 36.4 Å². The van der Waals surface area contributed by atoms with Gasteiger partial charge in [-0.3, -0.25) is 10.6 Å². The first-order chi connectivity index (χ1) is 11.0. The van der Waals surface area contributed by atoms with Crippen molar-refractivity contribution in [1.29, 1.82) is 0 Å². The number of rotatable bonds is 3. The Bertz CT molecular complexity index is 687. The first kappa shape index (κ1) is 15.6. The standard InChI is InChI=1S/C18H22N4O/c1-18(2)11-19-17(20-12-18)15-10-14(8-9-16(15)23)22-21-13-6-4-3-5-7-13/h3-10,17,19-20,23H,11-12H2,1-2H3. The lowest BCUT2D eigenvalue weighted by atomic mass is 9.90. The lowest BCUT2D eigenvalue weighted by Gasteiger charge is -2.36. The van der Waals surface area contributed by atoms with E-state index in [1.54, 1.807) is 12.1 Å². The van der Waals surface area contributed by atoms with Crippen LogP contribution in [0, 0.1) is 5.41 Å². The van der Waals surface area contributed by atoms with E-state index >= 15 is 0 Å². The normalized spacial score (nSPS) is 18.3. The number of hydrogen-bond donors (Lipinski definition) is 3. The van der Waals surface area contributed by atoms with Gasteiger partial charge in [0.1, 0.15) is 5.75 Å². The molecule has 0 spiro atoms. The molecule has 3 N–H and O–H groups in total. The van der Waals surface area contributed by atoms with Crippen molar-refractivity contribution in [2.45, 2.75) is 20.0 Å². The van der Waals surface area contributed by atoms with Crippen molar-refractivity contribution in [2.24, 2.45) is 15.6 Å². The Kier molecular flexibility index (Phi) is 4.41. The van der Waals surface area contributed by atoms with Crippen LogP contribution >= 0.6 is 0 Å². The Labute approximate surface area is 136 Å². The molecule has 0 unspecified atom stereocenters. The fourth-order valence-corrected chi connectivity index (χ4v) is 2.56. The molecule has 1 aliphatic rings. The smallest absolute Gasteiger partial charge is 0.121 e. The molecule has 1 fully saturated rings. The average Bonchev–Trinajstić information content (AvgIpc) is 2.55. The fourth-order valence-electron chi connectivity index (χ4n) is 2.56. The van der Waals surface area contributed by atoms with E-state index in [0.29, 0.717) is 0 Å². The summed E-state index contributed by atoms with van der Waals surface area (Å²) in [6.07, 6.45) is -0.0742. The summed E-state index contributed by atoms with van der Waals surface area (Å²) < 4.78 is 0. The number of nitrogens with one attached hydrogen (secondary N) is 2. The van der Waals surface area contributed by atoms with Crippen LogP contribution in [-0.4, -0.2) is 18.2 Å². The molecule has 0 aromatic heterocycles. The van der Waals surface area contributed by atoms with E-state index in [2.05, 4.69) is 34.7 Å². The Morgan fingerprint density at radius 3 is 2.30 bits per heavy atom. The molecule has 0 atom stereocenters. The number of phenolic OH excluding ortho intramolecular Hbond substituents is 1. The van der Waals surface area contributed by atoms with Gasteiger partial charge >= 0.3 is 0 Å². The van der Waals surface area contributed by atoms with Crippen LogP contribution in [0.1, 0.15) is 25.6 Å². The first-order valence-corrected chi connectivity index (χ1v) is 7.80. The van der Waals surface area contributed by atoms with Crippen molar-refractivity contribution in [3.63, 3.8) is 0 Å². The molecule has 0 aliphatic carbocycles. The molecule has 1 saturated heterocycles. The minimum Gasteiger partial charge on any atom is -0.508 e. The highest BCUT2D eigenvalue weighted by molar-refractivity contribution is 5.48. The van der Waals surface area contributed by atoms with Crippen LogP contribution in [0.25, 0.3) is 0 Å². The van der Waals surface area contributed by atoms with Gasteiger partial charge in [-0.1, -0.05) is 32.0 Å². The second kappa shape index (κ2) is 6.48. The van der Waals surface area contributed by atoms with E-state index in [0.717, 1.165) is 30.0 Å². The van der Waals surface area contributed by atoms with Gasteiger partial charge < -0.3 is 5.11 Å². The van der Waals surface area contributed by atoms with Gasteiger partial charge in [-0.2, -0.15) is 10.2 Å². The zero-order valence-corrected chi connectivity index (χ0v) is 13.5. The van der Waals surface area contributed by atoms with Crippen LogP contribution in [0.4, 0.5) is 11.4 Å². The molecule has 2 aromatic carbocycles. The maximum Gasteiger partial charge on any atom is 0.121 e. The van der Waals surface area contributed by atoms with Crippen LogP contribution in [0.15, 0.2) is 58.8 Å². The summed E-state index contributed by atoms with van der Waals surface area (Å²) in [6, 6.07) is 14.9. The van der Waals surface area contributed by atoms with Gasteiger partial charge in [0.05, 0.1) is 17.5 Å². The molecule has 2 aromatic rings. The number of nitrogens with zero attached hydrogens (tertiary/aromatic N) is 2. The average molecular weight is 310 g/mol. The molecule has 5 nitrogen and oxygen atoms in total. The van der Waals surface area contributed by atoms with E-state index < -0.39 is 0 Å². The Morgan fingerprint density at radius 2 is 1.61 bits per heavy atom. The summed E-state index contributed by atoms with van der Waals surface area (Å²) >= 11 is 0. The van der Waals surface area contributed by atoms with Gasteiger partial charge in [0.25, 0.3) is 0 Å². The molecular formula is C18H22N4O. The third-order valence-corrected chi connectivity index (χ3v) is 3.93. The number of aromatic hydroxyl groups is 1. The SMILES string of the molecule is CC1(C)CNC(c2cc(N=Nc3ccccc3)ccc2O)NC1. The van der Waals surface area contributed by atoms with Crippen molar-refractivity contribution >= 4 is 11.4 Å². The molecule has 0 bridgehead atoms. The summed E-state index contributed by atoms with van der Waals surface area (Å²) in [7, 11) is 0. The van der Waals surface area contributed by atoms with Gasteiger partial charge in [-0.15, -0.1) is 0 Å². The number of phenols is 1. The number of benzene rings is 2. The summed E-state index contributed by atoms with van der Waals surface area (Å²) in [4.78, 5) is 0. The number of azo groups is 1. The second-order valence-corrected chi connectivity index (χ2v) is 6.64. The van der Waals surface area contributed by atoms with Gasteiger partial charge in [0.15, 0.2) is 0 Å². The first-order valence-electron chi connectivity index (χ1n) is 7.80. The summed E-state index contributed by atoms with van der Waals surface area (Å²) in [6.45, 7) is 6.18. The van der Waals surface area contributed by atoms with Crippen molar-refractivity contribution < 1.29 is 5.11 Å². The van der Waals surface area contributed by atoms with Crippen molar-refractivity contribution in [3.05, 3.63) is 54.1 Å². The summed E-state index contributed by atoms with van der Waals surface area (Å²) in [5.74, 6) is 0.258. The van der Waals surface area contributed by atoms with E-state index in [1.165, 1.54) is 0 Å². The van der Waals surface area contributed by atoms with Gasteiger partial charge in [0, 0.05) is 18.7 Å². The van der Waals surface area contributed by atoms with Crippen molar-refractivity contribution in [3.8, 4) is 5.75 Å². The van der Waals surface area contributed by atoms with Crippen molar-refractivity contribution in [2.75, 3.05) is 13.1 Å². The topological polar surface area (TPSA) is 69.0 Å². The minimum absolute atomic E-state index is 0.0742. The Morgan fingerprint density at radius 1 is 0.957 bits per heavy atom.